The van der Waals surface area contributed by atoms with Crippen LogP contribution in [-0.2, 0) is 15.0 Å². The van der Waals surface area contributed by atoms with Crippen molar-refractivity contribution in [3.05, 3.63) is 29.8 Å². The van der Waals surface area contributed by atoms with Crippen LogP contribution in [0.15, 0.2) is 24.3 Å². The van der Waals surface area contributed by atoms with Gasteiger partial charge in [0.2, 0.25) is 11.8 Å². The Morgan fingerprint density at radius 2 is 2.00 bits per heavy atom. The number of hydrogen-bond donors (Lipinski definition) is 1. The molecule has 1 aromatic rings. The number of benzene rings is 1. The van der Waals surface area contributed by atoms with Gasteiger partial charge in [-0.1, -0.05) is 45.4 Å². The van der Waals surface area contributed by atoms with Crippen molar-refractivity contribution < 1.29 is 9.59 Å². The van der Waals surface area contributed by atoms with E-state index in [4.69, 9.17) is 0 Å². The highest BCUT2D eigenvalue weighted by Crippen LogP contribution is 2.39. The van der Waals surface area contributed by atoms with Crippen LogP contribution in [0.1, 0.15) is 58.4 Å². The van der Waals surface area contributed by atoms with Crippen LogP contribution in [0.3, 0.4) is 0 Å². The minimum Gasteiger partial charge on any atom is -0.356 e. The van der Waals surface area contributed by atoms with Crippen molar-refractivity contribution in [3.8, 4) is 0 Å². The molecule has 0 aromatic heterocycles. The lowest BCUT2D eigenvalue weighted by atomic mass is 9.77. The van der Waals surface area contributed by atoms with Gasteiger partial charge in [-0.05, 0) is 24.5 Å². The molecule has 1 heterocycles. The van der Waals surface area contributed by atoms with Gasteiger partial charge in [0, 0.05) is 37.0 Å². The number of carbonyl (C=O) groups excluding carboxylic acids is 2. The molecule has 0 saturated carbocycles. The van der Waals surface area contributed by atoms with Crippen LogP contribution in [0.25, 0.3) is 0 Å². The third-order valence-electron chi connectivity index (χ3n) is 4.46. The Kier molecular flexibility index (Phi) is 5.80. The molecule has 4 nitrogen and oxygen atoms in total. The number of amides is 2. The Morgan fingerprint density at radius 3 is 2.74 bits per heavy atom. The molecule has 0 bridgehead atoms. The number of fused-ring (bicyclic) bond motifs is 1. The third-order valence-corrected chi connectivity index (χ3v) is 4.46. The van der Waals surface area contributed by atoms with Crippen LogP contribution in [0.2, 0.25) is 0 Å². The molecule has 2 amide bonds. The Bertz CT molecular complexity index is 566. The lowest BCUT2D eigenvalue weighted by Crippen LogP contribution is -2.42. The summed E-state index contributed by atoms with van der Waals surface area (Å²) in [5.41, 5.74) is 2.09. The van der Waals surface area contributed by atoms with E-state index in [0.29, 0.717) is 25.8 Å². The van der Waals surface area contributed by atoms with Gasteiger partial charge in [-0.15, -0.1) is 0 Å². The number of hydrogen-bond acceptors (Lipinski definition) is 2. The topological polar surface area (TPSA) is 49.4 Å². The standard InChI is InChI=1S/C19H28N2O2/c1-4-5-12-20-17(22)11-8-13-21-16-10-7-6-9-15(16)19(2,3)14-18(21)23/h6-7,9-10H,4-5,8,11-14H2,1-3H3,(H,20,22). The zero-order valence-corrected chi connectivity index (χ0v) is 14.5. The Morgan fingerprint density at radius 1 is 1.26 bits per heavy atom. The Hall–Kier alpha value is -1.84. The van der Waals surface area contributed by atoms with E-state index in [1.54, 1.807) is 0 Å². The van der Waals surface area contributed by atoms with E-state index in [0.717, 1.165) is 25.1 Å². The van der Waals surface area contributed by atoms with Gasteiger partial charge in [-0.3, -0.25) is 9.59 Å². The highest BCUT2D eigenvalue weighted by molar-refractivity contribution is 5.97. The summed E-state index contributed by atoms with van der Waals surface area (Å²) in [6.07, 6.45) is 3.78. The molecule has 1 aliphatic heterocycles. The summed E-state index contributed by atoms with van der Waals surface area (Å²) in [6.45, 7) is 7.68. The summed E-state index contributed by atoms with van der Waals surface area (Å²) < 4.78 is 0. The van der Waals surface area contributed by atoms with Crippen LogP contribution in [0, 0.1) is 0 Å². The van der Waals surface area contributed by atoms with E-state index in [1.165, 1.54) is 5.56 Å². The van der Waals surface area contributed by atoms with Crippen LogP contribution in [-0.4, -0.2) is 24.9 Å². The van der Waals surface area contributed by atoms with Crippen molar-refractivity contribution in [3.63, 3.8) is 0 Å². The number of para-hydroxylation sites is 1. The molecule has 4 heteroatoms. The van der Waals surface area contributed by atoms with Crippen molar-refractivity contribution in [2.24, 2.45) is 0 Å². The molecular formula is C19H28N2O2. The smallest absolute Gasteiger partial charge is 0.227 e. The first kappa shape index (κ1) is 17.5. The van der Waals surface area contributed by atoms with E-state index in [1.807, 2.05) is 23.1 Å². The van der Waals surface area contributed by atoms with Crippen molar-refractivity contribution in [2.45, 2.75) is 58.3 Å². The molecule has 0 saturated heterocycles. The molecule has 0 aliphatic carbocycles. The normalized spacial score (nSPS) is 16.1. The average molecular weight is 316 g/mol. The van der Waals surface area contributed by atoms with Crippen LogP contribution in [0.5, 0.6) is 0 Å². The summed E-state index contributed by atoms with van der Waals surface area (Å²) in [7, 11) is 0. The summed E-state index contributed by atoms with van der Waals surface area (Å²) in [6, 6.07) is 8.11. The van der Waals surface area contributed by atoms with Crippen LogP contribution >= 0.6 is 0 Å². The molecule has 1 aromatic carbocycles. The second kappa shape index (κ2) is 7.62. The fourth-order valence-electron chi connectivity index (χ4n) is 3.12. The molecule has 1 N–H and O–H groups in total. The molecule has 0 atom stereocenters. The number of nitrogens with one attached hydrogen (secondary N) is 1. The van der Waals surface area contributed by atoms with Crippen molar-refractivity contribution >= 4 is 17.5 Å². The van der Waals surface area contributed by atoms with Crippen LogP contribution < -0.4 is 10.2 Å². The SMILES string of the molecule is CCCCNC(=O)CCCN1C(=O)CC(C)(C)c2ccccc21. The molecule has 23 heavy (non-hydrogen) atoms. The molecular weight excluding hydrogens is 288 g/mol. The van der Waals surface area contributed by atoms with Gasteiger partial charge < -0.3 is 10.2 Å². The van der Waals surface area contributed by atoms with Gasteiger partial charge in [0.25, 0.3) is 0 Å². The van der Waals surface area contributed by atoms with Gasteiger partial charge in [-0.2, -0.15) is 0 Å². The van der Waals surface area contributed by atoms with E-state index in [-0.39, 0.29) is 17.2 Å². The fourth-order valence-corrected chi connectivity index (χ4v) is 3.12. The fraction of sp³-hybridized carbons (Fsp3) is 0.579. The van der Waals surface area contributed by atoms with Crippen molar-refractivity contribution in [1.82, 2.24) is 5.32 Å². The molecule has 0 unspecified atom stereocenters. The summed E-state index contributed by atoms with van der Waals surface area (Å²) in [5, 5.41) is 2.92. The third kappa shape index (κ3) is 4.34. The second-order valence-electron chi connectivity index (χ2n) is 6.93. The second-order valence-corrected chi connectivity index (χ2v) is 6.93. The summed E-state index contributed by atoms with van der Waals surface area (Å²) in [4.78, 5) is 26.1. The van der Waals surface area contributed by atoms with Gasteiger partial charge in [0.05, 0.1) is 0 Å². The zero-order valence-electron chi connectivity index (χ0n) is 14.5. The quantitative estimate of drug-likeness (QED) is 0.784. The van der Waals surface area contributed by atoms with Crippen molar-refractivity contribution in [1.29, 1.82) is 0 Å². The zero-order chi connectivity index (χ0) is 16.9. The maximum atomic E-state index is 12.5. The number of unbranched alkanes of at least 4 members (excludes halogenated alkanes) is 1. The predicted molar refractivity (Wildman–Crippen MR) is 93.6 cm³/mol. The Balaban J connectivity index is 1.95. The number of carbonyl (C=O) groups is 2. The number of rotatable bonds is 7. The summed E-state index contributed by atoms with van der Waals surface area (Å²) in [5.74, 6) is 0.233. The maximum Gasteiger partial charge on any atom is 0.227 e. The maximum absolute atomic E-state index is 12.5. The van der Waals surface area contributed by atoms with Crippen LogP contribution in [0.4, 0.5) is 5.69 Å². The lowest BCUT2D eigenvalue weighted by Gasteiger charge is -2.38. The van der Waals surface area contributed by atoms with E-state index in [9.17, 15) is 9.59 Å². The molecule has 126 valence electrons. The molecule has 0 spiro atoms. The molecule has 1 aliphatic rings. The first-order valence-electron chi connectivity index (χ1n) is 8.62. The molecule has 0 fully saturated rings. The summed E-state index contributed by atoms with van der Waals surface area (Å²) >= 11 is 0. The number of anilines is 1. The van der Waals surface area contributed by atoms with Gasteiger partial charge >= 0.3 is 0 Å². The lowest BCUT2D eigenvalue weighted by molar-refractivity contribution is -0.122. The number of nitrogens with zero attached hydrogens (tertiary/aromatic N) is 1. The highest BCUT2D eigenvalue weighted by Gasteiger charge is 2.35. The largest absolute Gasteiger partial charge is 0.356 e. The first-order chi connectivity index (χ1) is 11.0. The minimum absolute atomic E-state index is 0.0801. The van der Waals surface area contributed by atoms with E-state index < -0.39 is 0 Å². The van der Waals surface area contributed by atoms with Crippen molar-refractivity contribution in [2.75, 3.05) is 18.0 Å². The highest BCUT2D eigenvalue weighted by atomic mass is 16.2. The minimum atomic E-state index is -0.123. The molecule has 0 radical (unpaired) electrons. The predicted octanol–water partition coefficient (Wildman–Crippen LogP) is 3.40. The van der Waals surface area contributed by atoms with Gasteiger partial charge in [0.1, 0.15) is 0 Å². The Labute approximate surface area is 139 Å². The van der Waals surface area contributed by atoms with E-state index in [2.05, 4.69) is 32.2 Å². The first-order valence-corrected chi connectivity index (χ1v) is 8.62. The van der Waals surface area contributed by atoms with Gasteiger partial charge in [0.15, 0.2) is 0 Å². The average Bonchev–Trinajstić information content (AvgIpc) is 2.50. The van der Waals surface area contributed by atoms with E-state index >= 15 is 0 Å². The molecule has 2 rings (SSSR count). The van der Waals surface area contributed by atoms with Gasteiger partial charge in [-0.25, -0.2) is 0 Å². The monoisotopic (exact) mass is 316 g/mol.